The van der Waals surface area contributed by atoms with Crippen molar-refractivity contribution in [1.82, 2.24) is 0 Å². The molecule has 2 fully saturated rings. The Balaban J connectivity index is 0.00000112. The van der Waals surface area contributed by atoms with Crippen molar-refractivity contribution in [2.75, 3.05) is 6.61 Å². The molecule has 0 bridgehead atoms. The molecule has 2 rings (SSSR count). The van der Waals surface area contributed by atoms with Crippen molar-refractivity contribution in [2.24, 2.45) is 0 Å². The van der Waals surface area contributed by atoms with Crippen molar-refractivity contribution in [3.8, 4) is 0 Å². The summed E-state index contributed by atoms with van der Waals surface area (Å²) in [6, 6.07) is 0. The molecule has 4 nitrogen and oxygen atoms in total. The van der Waals surface area contributed by atoms with E-state index < -0.39 is 76.6 Å². The average Bonchev–Trinajstić information content (AvgIpc) is 3.09. The first-order valence-electron chi connectivity index (χ1n) is 17.5. The number of hydrogen-bond acceptors (Lipinski definition) is 4. The van der Waals surface area contributed by atoms with Gasteiger partial charge in [0.2, 0.25) is 0 Å². The van der Waals surface area contributed by atoms with Gasteiger partial charge in [0.05, 0.1) is 12.6 Å². The van der Waals surface area contributed by atoms with E-state index in [9.17, 15) is 103 Å². The fourth-order valence-electron chi connectivity index (χ4n) is 6.35. The maximum atomic E-state index is 14.6. The Hall–Kier alpha value is -1.72. The minimum Gasteiger partial charge on any atom is -0.545 e. The molecule has 0 aromatic rings. The molecule has 2 saturated carbocycles. The predicted octanol–water partition coefficient (Wildman–Crippen LogP) is 8.25. The molecule has 0 radical (unpaired) electrons. The minimum atomic E-state index is -9.16. The zero-order valence-electron chi connectivity index (χ0n) is 30.9. The first-order chi connectivity index (χ1) is 25.7. The second-order valence-electron chi connectivity index (χ2n) is 13.6. The molecule has 2 aliphatic carbocycles. The van der Waals surface area contributed by atoms with Gasteiger partial charge in [0.25, 0.3) is 11.3 Å². The van der Waals surface area contributed by atoms with Gasteiger partial charge in [-0.3, -0.25) is 0 Å². The van der Waals surface area contributed by atoms with Gasteiger partial charge in [0.15, 0.2) is 0 Å². The van der Waals surface area contributed by atoms with Crippen molar-refractivity contribution in [3.63, 3.8) is 0 Å². The summed E-state index contributed by atoms with van der Waals surface area (Å²) in [5, 5.41) is 10.1. The molecule has 0 aromatic carbocycles. The van der Waals surface area contributed by atoms with E-state index in [1.807, 2.05) is 0 Å². The maximum absolute atomic E-state index is 14.6. The number of rotatable bonds is 19. The minimum absolute atomic E-state index is 0. The monoisotopic (exact) mass is 902 g/mol. The van der Waals surface area contributed by atoms with Crippen LogP contribution in [0, 0.1) is 0 Å². The van der Waals surface area contributed by atoms with E-state index in [-0.39, 0.29) is 29.6 Å². The molecule has 3 atom stereocenters. The average molecular weight is 903 g/mol. The molecule has 0 aliphatic heterocycles. The zero-order valence-corrected chi connectivity index (χ0v) is 32.9. The topological polar surface area (TPSA) is 66.4 Å². The molecular weight excluding hydrogens is 863 g/mol. The number of hydrogen-bond donors (Lipinski definition) is 0. The van der Waals surface area contributed by atoms with Crippen LogP contribution < -0.4 is 34.7 Å². The third-order valence-corrected chi connectivity index (χ3v) is 9.64. The van der Waals surface area contributed by atoms with E-state index in [4.69, 9.17) is 4.74 Å². The van der Waals surface area contributed by atoms with Crippen molar-refractivity contribution < 1.29 is 137 Å². The Morgan fingerprint density at radius 1 is 0.466 bits per heavy atom. The first kappa shape index (κ1) is 56.3. The van der Waals surface area contributed by atoms with Crippen LogP contribution in [0.25, 0.3) is 0 Å². The number of ether oxygens (including phenoxy) is 1. The third-order valence-electron chi connectivity index (χ3n) is 9.64. The van der Waals surface area contributed by atoms with Gasteiger partial charge < -0.3 is 14.6 Å². The summed E-state index contributed by atoms with van der Waals surface area (Å²) >= 11 is 0. The molecule has 25 heteroatoms. The number of carbonyl (C=O) groups is 2. The first-order valence-corrected chi connectivity index (χ1v) is 17.5. The van der Waals surface area contributed by atoms with Crippen LogP contribution in [-0.2, 0) is 14.3 Å². The number of alkyl halides is 20. The smallest absolute Gasteiger partial charge is 0.545 e. The Morgan fingerprint density at radius 3 is 1.07 bits per heavy atom. The van der Waals surface area contributed by atoms with Gasteiger partial charge in [-0.25, -0.2) is 18.0 Å². The largest absolute Gasteiger partial charge is 1.00 e. The van der Waals surface area contributed by atoms with Crippen LogP contribution in [0.2, 0.25) is 0 Å². The van der Waals surface area contributed by atoms with Crippen LogP contribution in [0.3, 0.4) is 0 Å². The quantitative estimate of drug-likeness (QED) is 0.0431. The zero-order chi connectivity index (χ0) is 44.8. The summed E-state index contributed by atoms with van der Waals surface area (Å²) in [6.07, 6.45) is 13.9. The molecule has 0 spiro atoms. The van der Waals surface area contributed by atoms with E-state index in [0.717, 1.165) is 18.9 Å². The molecule has 0 aromatic heterocycles. The Bertz CT molecular complexity index is 1360. The number of carboxylic acid groups (broad SMARTS) is 1. The Labute approximate surface area is 341 Å². The van der Waals surface area contributed by atoms with Gasteiger partial charge >= 0.3 is 88.8 Å². The second-order valence-corrected chi connectivity index (χ2v) is 13.6. The van der Waals surface area contributed by atoms with E-state index in [1.165, 1.54) is 89.9 Å². The Morgan fingerprint density at radius 2 is 0.759 bits per heavy atom. The fourth-order valence-corrected chi connectivity index (χ4v) is 6.35. The summed E-state index contributed by atoms with van der Waals surface area (Å²) in [4.78, 5) is 21.2. The number of aliphatic carboxylic acids is 1. The summed E-state index contributed by atoms with van der Waals surface area (Å²) in [6.45, 7) is 2.62. The summed E-state index contributed by atoms with van der Waals surface area (Å²) in [5.41, 5.74) is -27.2. The summed E-state index contributed by atoms with van der Waals surface area (Å²) in [5.74, 6) is -62.7. The molecule has 3 unspecified atom stereocenters. The standard InChI is InChI=1S/C22H40O4.C11F20.Na/c1-2-3-4-5-6-7-8-9-10-11-12-13-14-15-16-17-20-26-22(25)19-18-21(23)24;12-1-2(13,6(19,20)10(27,28)9(25,26)4(1,15)16)5(17,18)8(23,24)7(21,22)3(1,14)11(29,30)31;/h18-19H,2-17,20H2,1H3,(H,23,24);;/q;;+1/p-1/b19-18+;;. The number of fused-ring (bicyclic) bond motifs is 1. The van der Waals surface area contributed by atoms with Crippen LogP contribution in [-0.4, -0.2) is 83.2 Å². The number of halogens is 20. The van der Waals surface area contributed by atoms with E-state index >= 15 is 0 Å². The van der Waals surface area contributed by atoms with Crippen LogP contribution >= 0.6 is 0 Å². The van der Waals surface area contributed by atoms with Gasteiger partial charge in [-0.2, -0.15) is 74.6 Å². The van der Waals surface area contributed by atoms with Gasteiger partial charge in [-0.05, 0) is 12.5 Å². The van der Waals surface area contributed by atoms with E-state index in [1.54, 1.807) is 0 Å². The molecule has 0 amide bonds. The van der Waals surface area contributed by atoms with Gasteiger partial charge in [-0.15, -0.1) is 0 Å². The van der Waals surface area contributed by atoms with Gasteiger partial charge in [0, 0.05) is 6.08 Å². The normalized spacial score (nSPS) is 28.4. The molecule has 0 heterocycles. The van der Waals surface area contributed by atoms with Crippen LogP contribution in [0.15, 0.2) is 12.2 Å². The molecule has 0 N–H and O–H groups in total. The number of carbonyl (C=O) groups excluding carboxylic acids is 2. The van der Waals surface area contributed by atoms with Gasteiger partial charge in [0.1, 0.15) is 0 Å². The molecular formula is C33H39F20NaO4. The van der Waals surface area contributed by atoms with E-state index in [2.05, 4.69) is 6.92 Å². The van der Waals surface area contributed by atoms with Crippen molar-refractivity contribution >= 4 is 11.9 Å². The summed E-state index contributed by atoms with van der Waals surface area (Å²) < 4.78 is 275. The summed E-state index contributed by atoms with van der Waals surface area (Å²) in [7, 11) is 0. The van der Waals surface area contributed by atoms with Crippen molar-refractivity contribution in [3.05, 3.63) is 12.2 Å². The third kappa shape index (κ3) is 9.08. The predicted molar refractivity (Wildman–Crippen MR) is 157 cm³/mol. The van der Waals surface area contributed by atoms with Crippen LogP contribution in [0.1, 0.15) is 110 Å². The van der Waals surface area contributed by atoms with E-state index in [0.29, 0.717) is 12.7 Å². The molecule has 0 saturated heterocycles. The van der Waals surface area contributed by atoms with Crippen LogP contribution in [0.5, 0.6) is 0 Å². The van der Waals surface area contributed by atoms with Crippen molar-refractivity contribution in [2.45, 2.75) is 174 Å². The molecule has 336 valence electrons. The van der Waals surface area contributed by atoms with Crippen LogP contribution in [0.4, 0.5) is 87.8 Å². The number of esters is 1. The Kier molecular flexibility index (Phi) is 19.4. The SMILES string of the molecule is CCCCCCCCCCCCCCCCCCOC(=O)/C=C/C(=O)[O-].FC(F)(F)C1(F)C(F)(F)C(F)(F)C(F)(F)C2(F)C(F)(F)C(F)(F)C(F)(F)C(F)(F)C12F.[Na+]. The number of unbranched alkanes of at least 4 members (excludes halogenated alkanes) is 15. The number of carboxylic acids is 1. The fraction of sp³-hybridized carbons (Fsp3) is 0.879. The van der Waals surface area contributed by atoms with Gasteiger partial charge in [-0.1, -0.05) is 103 Å². The second kappa shape index (κ2) is 20.0. The molecule has 2 aliphatic rings. The van der Waals surface area contributed by atoms with Crippen molar-refractivity contribution in [1.29, 1.82) is 0 Å². The molecule has 58 heavy (non-hydrogen) atoms. The maximum Gasteiger partial charge on any atom is 1.00 e.